The van der Waals surface area contributed by atoms with E-state index in [2.05, 4.69) is 5.32 Å². The Labute approximate surface area is 146 Å². The average molecular weight is 358 g/mol. The molecule has 1 aliphatic heterocycles. The first kappa shape index (κ1) is 19.6. The minimum atomic E-state index is -4.39. The summed E-state index contributed by atoms with van der Waals surface area (Å²) < 4.78 is 44.8. The topological polar surface area (TPSA) is 41.6 Å². The number of piperidine rings is 1. The van der Waals surface area contributed by atoms with Crippen molar-refractivity contribution in [1.29, 1.82) is 0 Å². The van der Waals surface area contributed by atoms with Gasteiger partial charge in [0.25, 0.3) is 5.91 Å². The lowest BCUT2D eigenvalue weighted by Gasteiger charge is -2.26. The van der Waals surface area contributed by atoms with Crippen LogP contribution in [0, 0.1) is 0 Å². The maximum atomic E-state index is 13.1. The van der Waals surface area contributed by atoms with Gasteiger partial charge in [-0.3, -0.25) is 4.79 Å². The van der Waals surface area contributed by atoms with Gasteiger partial charge in [0.2, 0.25) is 0 Å². The number of halogens is 3. The Balaban J connectivity index is 2.22. The van der Waals surface area contributed by atoms with Gasteiger partial charge in [-0.15, -0.1) is 0 Å². The first-order valence-electron chi connectivity index (χ1n) is 8.69. The summed E-state index contributed by atoms with van der Waals surface area (Å²) >= 11 is 0. The highest BCUT2D eigenvalue weighted by molar-refractivity contribution is 5.77. The van der Waals surface area contributed by atoms with E-state index in [1.807, 2.05) is 13.8 Å². The molecular weight excluding hydrogens is 333 g/mol. The first-order chi connectivity index (χ1) is 11.9. The number of alkyl halides is 3. The van der Waals surface area contributed by atoms with E-state index in [9.17, 15) is 18.0 Å². The lowest BCUT2D eigenvalue weighted by molar-refractivity contribution is -0.138. The van der Waals surface area contributed by atoms with Crippen molar-refractivity contribution in [1.82, 2.24) is 10.2 Å². The van der Waals surface area contributed by atoms with Gasteiger partial charge in [-0.05, 0) is 69.5 Å². The molecule has 1 heterocycles. The first-order valence-corrected chi connectivity index (χ1v) is 8.69. The van der Waals surface area contributed by atoms with Gasteiger partial charge >= 0.3 is 6.18 Å². The SMILES string of the molecule is CCN(CC)C(=O)COc1ccc(C(F)(F)F)cc1C1CCNCC1. The normalized spacial score (nSPS) is 15.9. The quantitative estimate of drug-likeness (QED) is 0.847. The summed E-state index contributed by atoms with van der Waals surface area (Å²) in [6.45, 7) is 6.27. The van der Waals surface area contributed by atoms with Crippen molar-refractivity contribution in [3.05, 3.63) is 29.3 Å². The zero-order valence-corrected chi connectivity index (χ0v) is 14.7. The van der Waals surface area contributed by atoms with E-state index in [0.29, 0.717) is 24.4 Å². The Bertz CT molecular complexity index is 580. The van der Waals surface area contributed by atoms with E-state index < -0.39 is 11.7 Å². The highest BCUT2D eigenvalue weighted by Gasteiger charge is 2.32. The molecule has 1 fully saturated rings. The Morgan fingerprint density at radius 2 is 1.88 bits per heavy atom. The maximum Gasteiger partial charge on any atom is 0.416 e. The van der Waals surface area contributed by atoms with E-state index in [0.717, 1.165) is 32.0 Å². The number of nitrogens with one attached hydrogen (secondary N) is 1. The Morgan fingerprint density at radius 3 is 2.44 bits per heavy atom. The molecule has 140 valence electrons. The van der Waals surface area contributed by atoms with E-state index in [1.54, 1.807) is 4.90 Å². The second-order valence-corrected chi connectivity index (χ2v) is 6.13. The number of carbonyl (C=O) groups is 1. The predicted octanol–water partition coefficient (Wildman–Crippen LogP) is 3.42. The lowest BCUT2D eigenvalue weighted by Crippen LogP contribution is -2.34. The Kier molecular flexibility index (Phi) is 6.70. The zero-order chi connectivity index (χ0) is 18.4. The third-order valence-electron chi connectivity index (χ3n) is 4.58. The third-order valence-corrected chi connectivity index (χ3v) is 4.58. The van der Waals surface area contributed by atoms with Crippen LogP contribution in [0.4, 0.5) is 13.2 Å². The molecule has 0 aromatic heterocycles. The molecule has 0 saturated carbocycles. The molecule has 2 rings (SSSR count). The van der Waals surface area contributed by atoms with Crippen molar-refractivity contribution < 1.29 is 22.7 Å². The van der Waals surface area contributed by atoms with Crippen LogP contribution in [0.5, 0.6) is 5.75 Å². The zero-order valence-electron chi connectivity index (χ0n) is 14.7. The van der Waals surface area contributed by atoms with Gasteiger partial charge < -0.3 is 15.0 Å². The minimum absolute atomic E-state index is 0.00195. The second-order valence-electron chi connectivity index (χ2n) is 6.13. The molecule has 4 nitrogen and oxygen atoms in total. The highest BCUT2D eigenvalue weighted by Crippen LogP contribution is 2.38. The summed E-state index contributed by atoms with van der Waals surface area (Å²) in [6.07, 6.45) is -2.89. The fourth-order valence-electron chi connectivity index (χ4n) is 3.12. The van der Waals surface area contributed by atoms with Crippen LogP contribution in [0.2, 0.25) is 0 Å². The largest absolute Gasteiger partial charge is 0.483 e. The van der Waals surface area contributed by atoms with Gasteiger partial charge in [0.1, 0.15) is 5.75 Å². The maximum absolute atomic E-state index is 13.1. The number of nitrogens with zero attached hydrogens (tertiary/aromatic N) is 1. The summed E-state index contributed by atoms with van der Waals surface area (Å²) in [7, 11) is 0. The molecule has 0 aliphatic carbocycles. The van der Waals surface area contributed by atoms with Crippen LogP contribution in [0.3, 0.4) is 0 Å². The van der Waals surface area contributed by atoms with Gasteiger partial charge in [0.05, 0.1) is 5.56 Å². The third kappa shape index (κ3) is 5.11. The Hall–Kier alpha value is -1.76. The Morgan fingerprint density at radius 1 is 1.24 bits per heavy atom. The van der Waals surface area contributed by atoms with Crippen LogP contribution in [-0.2, 0) is 11.0 Å². The molecule has 1 N–H and O–H groups in total. The molecular formula is C18H25F3N2O2. The van der Waals surface area contributed by atoms with Crippen molar-refractivity contribution in [2.75, 3.05) is 32.8 Å². The molecule has 0 bridgehead atoms. The predicted molar refractivity (Wildman–Crippen MR) is 89.7 cm³/mol. The summed E-state index contributed by atoms with van der Waals surface area (Å²) in [5.41, 5.74) is -0.132. The summed E-state index contributed by atoms with van der Waals surface area (Å²) in [4.78, 5) is 13.7. The van der Waals surface area contributed by atoms with Crippen molar-refractivity contribution in [3.8, 4) is 5.75 Å². The smallest absolute Gasteiger partial charge is 0.416 e. The number of hydrogen-bond donors (Lipinski definition) is 1. The number of benzene rings is 1. The number of rotatable bonds is 6. The van der Waals surface area contributed by atoms with Crippen molar-refractivity contribution in [2.24, 2.45) is 0 Å². The van der Waals surface area contributed by atoms with Gasteiger partial charge in [0, 0.05) is 13.1 Å². The van der Waals surface area contributed by atoms with E-state index >= 15 is 0 Å². The minimum Gasteiger partial charge on any atom is -0.483 e. The molecule has 25 heavy (non-hydrogen) atoms. The lowest BCUT2D eigenvalue weighted by atomic mass is 9.88. The summed E-state index contributed by atoms with van der Waals surface area (Å²) in [6, 6.07) is 3.53. The van der Waals surface area contributed by atoms with Crippen molar-refractivity contribution >= 4 is 5.91 Å². The number of amides is 1. The molecule has 1 aliphatic rings. The molecule has 0 atom stereocenters. The van der Waals surface area contributed by atoms with Crippen LogP contribution in [0.1, 0.15) is 43.7 Å². The molecule has 7 heteroatoms. The molecule has 0 unspecified atom stereocenters. The fraction of sp³-hybridized carbons (Fsp3) is 0.611. The van der Waals surface area contributed by atoms with E-state index in [-0.39, 0.29) is 18.4 Å². The number of carbonyl (C=O) groups excluding carboxylic acids is 1. The number of hydrogen-bond acceptors (Lipinski definition) is 3. The number of ether oxygens (including phenoxy) is 1. The number of likely N-dealkylation sites (N-methyl/N-ethyl adjacent to an activating group) is 1. The summed E-state index contributed by atoms with van der Waals surface area (Å²) in [5, 5.41) is 3.21. The molecule has 1 saturated heterocycles. The highest BCUT2D eigenvalue weighted by atomic mass is 19.4. The van der Waals surface area contributed by atoms with Crippen LogP contribution in [0.15, 0.2) is 18.2 Å². The van der Waals surface area contributed by atoms with Gasteiger partial charge in [-0.2, -0.15) is 13.2 Å². The monoisotopic (exact) mass is 358 g/mol. The van der Waals surface area contributed by atoms with Gasteiger partial charge in [0.15, 0.2) is 6.61 Å². The average Bonchev–Trinajstić information content (AvgIpc) is 2.61. The van der Waals surface area contributed by atoms with Gasteiger partial charge in [-0.25, -0.2) is 0 Å². The van der Waals surface area contributed by atoms with Gasteiger partial charge in [-0.1, -0.05) is 0 Å². The van der Waals surface area contributed by atoms with Crippen molar-refractivity contribution in [3.63, 3.8) is 0 Å². The fourth-order valence-corrected chi connectivity index (χ4v) is 3.12. The van der Waals surface area contributed by atoms with Crippen LogP contribution in [0.25, 0.3) is 0 Å². The van der Waals surface area contributed by atoms with Crippen molar-refractivity contribution in [2.45, 2.75) is 38.8 Å². The molecule has 1 amide bonds. The molecule has 1 aromatic carbocycles. The van der Waals surface area contributed by atoms with E-state index in [1.165, 1.54) is 12.1 Å². The molecule has 0 spiro atoms. The van der Waals surface area contributed by atoms with Crippen LogP contribution >= 0.6 is 0 Å². The standard InChI is InChI=1S/C18H25F3N2O2/c1-3-23(4-2)17(24)12-25-16-6-5-14(18(19,20)21)11-15(16)13-7-9-22-10-8-13/h5-6,11,13,22H,3-4,7-10,12H2,1-2H3. The van der Waals surface area contributed by atoms with Crippen LogP contribution < -0.4 is 10.1 Å². The molecule has 0 radical (unpaired) electrons. The molecule has 1 aromatic rings. The van der Waals surface area contributed by atoms with Crippen LogP contribution in [-0.4, -0.2) is 43.6 Å². The summed E-state index contributed by atoms with van der Waals surface area (Å²) in [5.74, 6) is 0.212. The second kappa shape index (κ2) is 8.56. The van der Waals surface area contributed by atoms with E-state index in [4.69, 9.17) is 4.74 Å².